The van der Waals surface area contributed by atoms with Crippen LogP contribution in [0, 0.1) is 0 Å². The van der Waals surface area contributed by atoms with Crippen LogP contribution in [0.5, 0.6) is 0 Å². The SMILES string of the molecule is CC(=O)N[C@@H](Cc1ccccc1)C(=O)Nc1ccccc1. The van der Waals surface area contributed by atoms with Crippen molar-refractivity contribution in [1.82, 2.24) is 5.32 Å². The summed E-state index contributed by atoms with van der Waals surface area (Å²) < 4.78 is 0. The van der Waals surface area contributed by atoms with Crippen LogP contribution in [0.3, 0.4) is 0 Å². The Kier molecular flexibility index (Phi) is 5.10. The molecule has 2 rings (SSSR count). The first-order chi connectivity index (χ1) is 10.1. The molecule has 21 heavy (non-hydrogen) atoms. The van der Waals surface area contributed by atoms with Crippen LogP contribution in [0.15, 0.2) is 60.7 Å². The summed E-state index contributed by atoms with van der Waals surface area (Å²) in [5, 5.41) is 5.51. The van der Waals surface area contributed by atoms with Gasteiger partial charge in [0, 0.05) is 19.0 Å². The summed E-state index contributed by atoms with van der Waals surface area (Å²) in [5.41, 5.74) is 1.71. The molecule has 2 N–H and O–H groups in total. The molecular formula is C17H18N2O2. The maximum absolute atomic E-state index is 12.3. The van der Waals surface area contributed by atoms with E-state index in [0.29, 0.717) is 12.1 Å². The van der Waals surface area contributed by atoms with Gasteiger partial charge in [-0.1, -0.05) is 48.5 Å². The van der Waals surface area contributed by atoms with Crippen molar-refractivity contribution in [2.75, 3.05) is 5.32 Å². The summed E-state index contributed by atoms with van der Waals surface area (Å²) in [6, 6.07) is 18.2. The Morgan fingerprint density at radius 3 is 2.10 bits per heavy atom. The molecule has 4 heteroatoms. The topological polar surface area (TPSA) is 58.2 Å². The minimum atomic E-state index is -0.592. The lowest BCUT2D eigenvalue weighted by Crippen LogP contribution is -2.44. The van der Waals surface area contributed by atoms with Crippen molar-refractivity contribution in [3.05, 3.63) is 66.2 Å². The lowest BCUT2D eigenvalue weighted by atomic mass is 10.1. The van der Waals surface area contributed by atoms with E-state index in [4.69, 9.17) is 0 Å². The molecule has 0 aliphatic carbocycles. The lowest BCUT2D eigenvalue weighted by molar-refractivity contribution is -0.125. The number of anilines is 1. The second kappa shape index (κ2) is 7.24. The molecule has 0 radical (unpaired) electrons. The standard InChI is InChI=1S/C17H18N2O2/c1-13(20)18-16(12-14-8-4-2-5-9-14)17(21)19-15-10-6-3-7-11-15/h2-11,16H,12H2,1H3,(H,18,20)(H,19,21)/t16-/m0/s1. The normalized spacial score (nSPS) is 11.5. The van der Waals surface area contributed by atoms with Crippen LogP contribution in [0.1, 0.15) is 12.5 Å². The fourth-order valence-corrected chi connectivity index (χ4v) is 2.06. The van der Waals surface area contributed by atoms with Crippen LogP contribution in [-0.4, -0.2) is 17.9 Å². The number of hydrogen-bond donors (Lipinski definition) is 2. The van der Waals surface area contributed by atoms with E-state index in [9.17, 15) is 9.59 Å². The average molecular weight is 282 g/mol. The molecule has 2 aromatic carbocycles. The summed E-state index contributed by atoms with van der Waals surface area (Å²) in [6.07, 6.45) is 0.457. The Morgan fingerprint density at radius 1 is 0.952 bits per heavy atom. The van der Waals surface area contributed by atoms with Crippen LogP contribution in [0.4, 0.5) is 5.69 Å². The second-order valence-corrected chi connectivity index (χ2v) is 4.80. The minimum absolute atomic E-state index is 0.222. The number of para-hydroxylation sites is 1. The van der Waals surface area contributed by atoms with Crippen molar-refractivity contribution in [1.29, 1.82) is 0 Å². The number of carbonyl (C=O) groups excluding carboxylic acids is 2. The predicted molar refractivity (Wildman–Crippen MR) is 82.8 cm³/mol. The Labute approximate surface area is 124 Å². The quantitative estimate of drug-likeness (QED) is 0.884. The zero-order valence-corrected chi connectivity index (χ0v) is 11.9. The summed E-state index contributed by atoms with van der Waals surface area (Å²) in [7, 11) is 0. The van der Waals surface area contributed by atoms with Gasteiger partial charge in [-0.3, -0.25) is 9.59 Å². The van der Waals surface area contributed by atoms with Crippen molar-refractivity contribution in [3.63, 3.8) is 0 Å². The van der Waals surface area contributed by atoms with Crippen molar-refractivity contribution in [2.24, 2.45) is 0 Å². The van der Waals surface area contributed by atoms with Crippen molar-refractivity contribution in [2.45, 2.75) is 19.4 Å². The van der Waals surface area contributed by atoms with Gasteiger partial charge < -0.3 is 10.6 Å². The summed E-state index contributed by atoms with van der Waals surface area (Å²) in [5.74, 6) is -0.445. The van der Waals surface area contributed by atoms with Gasteiger partial charge in [0.1, 0.15) is 6.04 Å². The highest BCUT2D eigenvalue weighted by Crippen LogP contribution is 2.08. The van der Waals surface area contributed by atoms with Gasteiger partial charge in [-0.25, -0.2) is 0 Å². The Morgan fingerprint density at radius 2 is 1.52 bits per heavy atom. The van der Waals surface area contributed by atoms with Crippen LogP contribution in [0.25, 0.3) is 0 Å². The molecular weight excluding hydrogens is 264 g/mol. The predicted octanol–water partition coefficient (Wildman–Crippen LogP) is 2.37. The first-order valence-electron chi connectivity index (χ1n) is 6.82. The van der Waals surface area contributed by atoms with E-state index < -0.39 is 6.04 Å². The molecule has 0 spiro atoms. The van der Waals surface area contributed by atoms with Crippen LogP contribution in [0.2, 0.25) is 0 Å². The lowest BCUT2D eigenvalue weighted by Gasteiger charge is -2.17. The zero-order valence-electron chi connectivity index (χ0n) is 11.9. The highest BCUT2D eigenvalue weighted by Gasteiger charge is 2.19. The summed E-state index contributed by atoms with van der Waals surface area (Å²) >= 11 is 0. The number of nitrogens with one attached hydrogen (secondary N) is 2. The van der Waals surface area contributed by atoms with Gasteiger partial charge in [-0.2, -0.15) is 0 Å². The van der Waals surface area contributed by atoms with Crippen LogP contribution < -0.4 is 10.6 Å². The van der Waals surface area contributed by atoms with E-state index in [1.165, 1.54) is 6.92 Å². The van der Waals surface area contributed by atoms with Gasteiger partial charge in [-0.15, -0.1) is 0 Å². The van der Waals surface area contributed by atoms with Gasteiger partial charge in [0.15, 0.2) is 0 Å². The van der Waals surface area contributed by atoms with Gasteiger partial charge in [0.05, 0.1) is 0 Å². The van der Waals surface area contributed by atoms with E-state index in [2.05, 4.69) is 10.6 Å². The molecule has 4 nitrogen and oxygen atoms in total. The Balaban J connectivity index is 2.08. The molecule has 2 amide bonds. The van der Waals surface area contributed by atoms with Gasteiger partial charge in [0.25, 0.3) is 0 Å². The second-order valence-electron chi connectivity index (χ2n) is 4.80. The molecule has 0 aromatic heterocycles. The number of benzene rings is 2. The fraction of sp³-hybridized carbons (Fsp3) is 0.176. The van der Waals surface area contributed by atoms with Crippen molar-refractivity contribution >= 4 is 17.5 Å². The Hall–Kier alpha value is -2.62. The third-order valence-electron chi connectivity index (χ3n) is 3.02. The molecule has 0 saturated carbocycles. The number of amides is 2. The zero-order chi connectivity index (χ0) is 15.1. The monoisotopic (exact) mass is 282 g/mol. The average Bonchev–Trinajstić information content (AvgIpc) is 2.48. The first kappa shape index (κ1) is 14.8. The van der Waals surface area contributed by atoms with Gasteiger partial charge >= 0.3 is 0 Å². The number of carbonyl (C=O) groups is 2. The molecule has 0 unspecified atom stereocenters. The van der Waals surface area contributed by atoms with Crippen LogP contribution >= 0.6 is 0 Å². The van der Waals surface area contributed by atoms with E-state index >= 15 is 0 Å². The highest BCUT2D eigenvalue weighted by molar-refractivity contribution is 5.97. The van der Waals surface area contributed by atoms with Gasteiger partial charge in [0.2, 0.25) is 11.8 Å². The molecule has 0 heterocycles. The molecule has 0 saturated heterocycles. The van der Waals surface area contributed by atoms with Crippen LogP contribution in [-0.2, 0) is 16.0 Å². The smallest absolute Gasteiger partial charge is 0.247 e. The first-order valence-corrected chi connectivity index (χ1v) is 6.82. The summed E-state index contributed by atoms with van der Waals surface area (Å²) in [6.45, 7) is 1.41. The number of rotatable bonds is 5. The fourth-order valence-electron chi connectivity index (χ4n) is 2.06. The van der Waals surface area contributed by atoms with Gasteiger partial charge in [-0.05, 0) is 17.7 Å². The third kappa shape index (κ3) is 4.76. The maximum Gasteiger partial charge on any atom is 0.247 e. The highest BCUT2D eigenvalue weighted by atomic mass is 16.2. The minimum Gasteiger partial charge on any atom is -0.344 e. The molecule has 2 aromatic rings. The van der Waals surface area contributed by atoms with Crippen molar-refractivity contribution < 1.29 is 9.59 Å². The summed E-state index contributed by atoms with van der Waals surface area (Å²) in [4.78, 5) is 23.6. The van der Waals surface area contributed by atoms with E-state index in [1.807, 2.05) is 60.7 Å². The molecule has 0 fully saturated rings. The molecule has 108 valence electrons. The molecule has 0 aliphatic rings. The van der Waals surface area contributed by atoms with E-state index in [1.54, 1.807) is 0 Å². The number of hydrogen-bond acceptors (Lipinski definition) is 2. The van der Waals surface area contributed by atoms with E-state index in [-0.39, 0.29) is 11.8 Å². The molecule has 0 aliphatic heterocycles. The van der Waals surface area contributed by atoms with Crippen molar-refractivity contribution in [3.8, 4) is 0 Å². The van der Waals surface area contributed by atoms with E-state index in [0.717, 1.165) is 5.56 Å². The molecule has 1 atom stereocenters. The third-order valence-corrected chi connectivity index (χ3v) is 3.02. The molecule has 0 bridgehead atoms. The Bertz CT molecular complexity index is 597. The maximum atomic E-state index is 12.3. The largest absolute Gasteiger partial charge is 0.344 e.